The summed E-state index contributed by atoms with van der Waals surface area (Å²) in [5.41, 5.74) is -0.625. The summed E-state index contributed by atoms with van der Waals surface area (Å²) in [7, 11) is 0. The van der Waals surface area contributed by atoms with Crippen LogP contribution in [0.2, 0.25) is 0 Å². The second kappa shape index (κ2) is 23.7. The Morgan fingerprint density at radius 2 is 0.968 bits per heavy atom. The summed E-state index contributed by atoms with van der Waals surface area (Å²) in [6.07, 6.45) is 23.4. The predicted octanol–water partition coefficient (Wildman–Crippen LogP) is 11.4. The van der Waals surface area contributed by atoms with E-state index in [0.717, 1.165) is 38.5 Å². The van der Waals surface area contributed by atoms with Gasteiger partial charge in [0, 0.05) is 6.61 Å². The molecular weight excluding hydrogens is 447 g/mol. The Morgan fingerprint density at radius 1 is 0.613 bits per heavy atom. The van der Waals surface area contributed by atoms with Gasteiger partial charge in [0.1, 0.15) is 5.60 Å². The van der Waals surface area contributed by atoms with Crippen molar-refractivity contribution in [3.8, 4) is 0 Å². The van der Waals surface area contributed by atoms with Crippen molar-refractivity contribution >= 4 is 34.8 Å². The fourth-order valence-electron chi connectivity index (χ4n) is 3.79. The Balaban J connectivity index is 0. The molecule has 1 unspecified atom stereocenters. The van der Waals surface area contributed by atoms with Crippen molar-refractivity contribution in [2.45, 2.75) is 153 Å². The van der Waals surface area contributed by atoms with Crippen LogP contribution < -0.4 is 0 Å². The van der Waals surface area contributed by atoms with E-state index in [0.29, 0.717) is 6.61 Å². The molecule has 0 rings (SSSR count). The molecule has 188 valence electrons. The molecule has 0 aliphatic heterocycles. The second-order valence-electron chi connectivity index (χ2n) is 8.84. The molecule has 0 bridgehead atoms. The first-order valence-corrected chi connectivity index (χ1v) is 14.3. The molecule has 4 heteroatoms. The smallest absolute Gasteiger partial charge is 0.219 e. The summed E-state index contributed by atoms with van der Waals surface area (Å²) in [4.78, 5) is 0. The normalized spacial score (nSPS) is 13.4. The van der Waals surface area contributed by atoms with Crippen molar-refractivity contribution in [1.82, 2.24) is 0 Å². The van der Waals surface area contributed by atoms with E-state index in [2.05, 4.69) is 27.4 Å². The Kier molecular flexibility index (Phi) is 25.8. The average molecular weight is 500 g/mol. The molecule has 1 nitrogen and oxygen atoms in total. The molecule has 1 atom stereocenters. The highest BCUT2D eigenvalue weighted by atomic mass is 35.6. The number of halogens is 3. The molecule has 0 amide bonds. The number of unbranched alkanes of at least 4 members (excludes halogenated alkanes) is 13. The minimum Gasteiger partial charge on any atom is -0.371 e. The lowest BCUT2D eigenvalue weighted by Gasteiger charge is -2.40. The van der Waals surface area contributed by atoms with E-state index in [-0.39, 0.29) is 0 Å². The van der Waals surface area contributed by atoms with E-state index < -0.39 is 9.39 Å². The van der Waals surface area contributed by atoms with Gasteiger partial charge in [-0.05, 0) is 26.2 Å². The summed E-state index contributed by atoms with van der Waals surface area (Å²) in [5, 5.41) is 0. The standard InChI is InChI=1S/C24H47Cl3O.C3H6/c1-4-7-10-12-14-15-17-19-22-28-23(20-9-6-3,24(25,26)27)21-18-16-13-11-8-5-2;1-3-2/h4-22H2,1-3H3;3H,1H2,2H3. The quantitative estimate of drug-likeness (QED) is 0.0918. The van der Waals surface area contributed by atoms with Gasteiger partial charge in [-0.15, -0.1) is 6.58 Å². The number of hydrogen-bond acceptors (Lipinski definition) is 1. The van der Waals surface area contributed by atoms with Crippen molar-refractivity contribution < 1.29 is 4.74 Å². The summed E-state index contributed by atoms with van der Waals surface area (Å²) < 4.78 is 5.02. The van der Waals surface area contributed by atoms with Crippen molar-refractivity contribution in [2.24, 2.45) is 0 Å². The largest absolute Gasteiger partial charge is 0.371 e. The van der Waals surface area contributed by atoms with Gasteiger partial charge in [0.2, 0.25) is 3.79 Å². The van der Waals surface area contributed by atoms with Gasteiger partial charge in [-0.1, -0.05) is 158 Å². The lowest BCUT2D eigenvalue weighted by Crippen LogP contribution is -2.46. The minimum absolute atomic E-state index is 0.625. The summed E-state index contributed by atoms with van der Waals surface area (Å²) in [6.45, 7) is 12.7. The first-order chi connectivity index (χ1) is 14.8. The van der Waals surface area contributed by atoms with Crippen molar-refractivity contribution in [3.05, 3.63) is 12.7 Å². The van der Waals surface area contributed by atoms with Gasteiger partial charge in [0.25, 0.3) is 0 Å². The predicted molar refractivity (Wildman–Crippen MR) is 145 cm³/mol. The SMILES string of the molecule is C=CC.CCCCCCCCCCOC(CCCC)(CCCCCCCC)C(Cl)(Cl)Cl. The third kappa shape index (κ3) is 19.7. The van der Waals surface area contributed by atoms with Crippen LogP contribution in [0.5, 0.6) is 0 Å². The van der Waals surface area contributed by atoms with Crippen LogP contribution in [0, 0.1) is 0 Å². The molecule has 0 aromatic heterocycles. The van der Waals surface area contributed by atoms with Crippen LogP contribution in [0.15, 0.2) is 12.7 Å². The van der Waals surface area contributed by atoms with Gasteiger partial charge < -0.3 is 4.74 Å². The molecule has 0 aliphatic rings. The number of ether oxygens (including phenoxy) is 1. The van der Waals surface area contributed by atoms with Crippen LogP contribution in [0.1, 0.15) is 143 Å². The van der Waals surface area contributed by atoms with Crippen LogP contribution in [0.4, 0.5) is 0 Å². The topological polar surface area (TPSA) is 9.23 Å². The Morgan fingerprint density at radius 3 is 1.39 bits per heavy atom. The monoisotopic (exact) mass is 498 g/mol. The molecule has 0 heterocycles. The maximum atomic E-state index is 6.47. The minimum atomic E-state index is -1.36. The molecular formula is C27H53Cl3O. The van der Waals surface area contributed by atoms with Crippen molar-refractivity contribution in [3.63, 3.8) is 0 Å². The van der Waals surface area contributed by atoms with Crippen LogP contribution >= 0.6 is 34.8 Å². The molecule has 0 saturated heterocycles. The van der Waals surface area contributed by atoms with Crippen LogP contribution in [0.3, 0.4) is 0 Å². The molecule has 0 aliphatic carbocycles. The zero-order valence-electron chi connectivity index (χ0n) is 21.3. The maximum Gasteiger partial charge on any atom is 0.219 e. The fourth-order valence-corrected chi connectivity index (χ4v) is 4.52. The number of alkyl halides is 3. The van der Waals surface area contributed by atoms with E-state index in [1.165, 1.54) is 77.0 Å². The highest BCUT2D eigenvalue weighted by Crippen LogP contribution is 2.47. The van der Waals surface area contributed by atoms with E-state index in [1.54, 1.807) is 6.08 Å². The maximum absolute atomic E-state index is 6.47. The Bertz CT molecular complexity index is 368. The van der Waals surface area contributed by atoms with Gasteiger partial charge in [-0.3, -0.25) is 0 Å². The van der Waals surface area contributed by atoms with Crippen molar-refractivity contribution in [2.75, 3.05) is 6.61 Å². The van der Waals surface area contributed by atoms with Gasteiger partial charge in [0.15, 0.2) is 0 Å². The summed E-state index contributed by atoms with van der Waals surface area (Å²) in [5.74, 6) is 0. The van der Waals surface area contributed by atoms with Gasteiger partial charge in [-0.2, -0.15) is 0 Å². The van der Waals surface area contributed by atoms with E-state index in [4.69, 9.17) is 39.5 Å². The first kappa shape index (κ1) is 33.7. The fraction of sp³-hybridized carbons (Fsp3) is 0.926. The van der Waals surface area contributed by atoms with E-state index in [9.17, 15) is 0 Å². The van der Waals surface area contributed by atoms with Crippen LogP contribution in [0.25, 0.3) is 0 Å². The molecule has 0 N–H and O–H groups in total. The van der Waals surface area contributed by atoms with Gasteiger partial charge in [-0.25, -0.2) is 0 Å². The van der Waals surface area contributed by atoms with Crippen LogP contribution in [-0.2, 0) is 4.74 Å². The molecule has 0 fully saturated rings. The highest BCUT2D eigenvalue weighted by molar-refractivity contribution is 6.68. The van der Waals surface area contributed by atoms with Gasteiger partial charge in [0.05, 0.1) is 0 Å². The highest BCUT2D eigenvalue weighted by Gasteiger charge is 2.48. The lowest BCUT2D eigenvalue weighted by atomic mass is 9.91. The first-order valence-electron chi connectivity index (χ1n) is 13.1. The lowest BCUT2D eigenvalue weighted by molar-refractivity contribution is -0.0593. The second-order valence-corrected chi connectivity index (χ2v) is 11.1. The number of hydrogen-bond donors (Lipinski definition) is 0. The average Bonchev–Trinajstić information content (AvgIpc) is 2.72. The Labute approximate surface area is 211 Å². The number of allylic oxidation sites excluding steroid dienone is 1. The zero-order valence-corrected chi connectivity index (χ0v) is 23.5. The van der Waals surface area contributed by atoms with Crippen LogP contribution in [-0.4, -0.2) is 16.0 Å². The molecule has 0 aromatic rings. The molecule has 0 saturated carbocycles. The third-order valence-corrected chi connectivity index (χ3v) is 6.79. The zero-order chi connectivity index (χ0) is 23.8. The molecule has 0 aromatic carbocycles. The summed E-state index contributed by atoms with van der Waals surface area (Å²) >= 11 is 19.4. The molecule has 31 heavy (non-hydrogen) atoms. The number of rotatable bonds is 20. The van der Waals surface area contributed by atoms with E-state index in [1.807, 2.05) is 6.92 Å². The Hall–Kier alpha value is 0.570. The van der Waals surface area contributed by atoms with E-state index >= 15 is 0 Å². The third-order valence-electron chi connectivity index (χ3n) is 5.76. The molecule has 0 spiro atoms. The van der Waals surface area contributed by atoms with Gasteiger partial charge >= 0.3 is 0 Å². The van der Waals surface area contributed by atoms with Crippen molar-refractivity contribution in [1.29, 1.82) is 0 Å². The summed E-state index contributed by atoms with van der Waals surface area (Å²) in [6, 6.07) is 0. The molecule has 0 radical (unpaired) electrons.